The molecule has 3 aromatic rings. The fraction of sp³-hybridized carbons (Fsp3) is 0.333. The molecule has 4 rings (SSSR count). The first-order valence-electron chi connectivity index (χ1n) is 9.35. The van der Waals surface area contributed by atoms with Crippen molar-refractivity contribution in [3.8, 4) is 11.1 Å². The summed E-state index contributed by atoms with van der Waals surface area (Å²) in [6, 6.07) is 11.9. The first kappa shape index (κ1) is 17.7. The largest absolute Gasteiger partial charge is 0.384 e. The molecule has 1 aliphatic rings. The first-order valence-corrected chi connectivity index (χ1v) is 9.35. The van der Waals surface area contributed by atoms with E-state index in [1.807, 2.05) is 50.2 Å². The summed E-state index contributed by atoms with van der Waals surface area (Å²) in [5.74, 6) is 0. The number of hydrogen-bond acceptors (Lipinski definition) is 5. The van der Waals surface area contributed by atoms with Crippen LogP contribution in [0.15, 0.2) is 41.2 Å². The van der Waals surface area contributed by atoms with Crippen LogP contribution < -0.4 is 10.9 Å². The topological polar surface area (TPSA) is 76.2 Å². The van der Waals surface area contributed by atoms with Crippen LogP contribution in [0.3, 0.4) is 0 Å². The summed E-state index contributed by atoms with van der Waals surface area (Å²) in [6.07, 6.45) is 0.309. The van der Waals surface area contributed by atoms with E-state index in [4.69, 9.17) is 9.47 Å². The summed E-state index contributed by atoms with van der Waals surface area (Å²) in [7, 11) is 0. The van der Waals surface area contributed by atoms with Gasteiger partial charge in [0.2, 0.25) is 0 Å². The van der Waals surface area contributed by atoms with Crippen LogP contribution in [0.5, 0.6) is 0 Å². The number of ether oxygens (including phenoxy) is 2. The van der Waals surface area contributed by atoms with E-state index < -0.39 is 6.29 Å². The molecular weight excluding hydrogens is 342 g/mol. The third-order valence-electron chi connectivity index (χ3n) is 4.83. The van der Waals surface area contributed by atoms with Crippen LogP contribution in [-0.2, 0) is 15.9 Å². The van der Waals surface area contributed by atoms with Crippen molar-refractivity contribution in [2.45, 2.75) is 26.6 Å². The lowest BCUT2D eigenvalue weighted by Gasteiger charge is -2.23. The van der Waals surface area contributed by atoms with E-state index in [0.29, 0.717) is 18.6 Å². The lowest BCUT2D eigenvalue weighted by molar-refractivity contribution is -0.139. The van der Waals surface area contributed by atoms with E-state index in [2.05, 4.69) is 15.5 Å². The molecule has 2 heterocycles. The molecule has 0 atom stereocenters. The highest BCUT2D eigenvalue weighted by atomic mass is 16.7. The van der Waals surface area contributed by atoms with Gasteiger partial charge in [-0.1, -0.05) is 30.3 Å². The van der Waals surface area contributed by atoms with Crippen molar-refractivity contribution < 1.29 is 9.47 Å². The van der Waals surface area contributed by atoms with Crippen molar-refractivity contribution in [2.24, 2.45) is 0 Å². The van der Waals surface area contributed by atoms with E-state index in [-0.39, 0.29) is 5.56 Å². The third kappa shape index (κ3) is 3.11. The fourth-order valence-corrected chi connectivity index (χ4v) is 3.71. The predicted molar refractivity (Wildman–Crippen MR) is 106 cm³/mol. The Hall–Kier alpha value is -2.70. The second kappa shape index (κ2) is 7.50. The van der Waals surface area contributed by atoms with E-state index in [1.165, 1.54) is 0 Å². The molecule has 27 heavy (non-hydrogen) atoms. The Morgan fingerprint density at radius 3 is 2.59 bits per heavy atom. The molecule has 140 valence electrons. The number of nitrogens with zero attached hydrogens (tertiary/aromatic N) is 1. The summed E-state index contributed by atoms with van der Waals surface area (Å²) >= 11 is 0. The molecule has 0 saturated carbocycles. The SMILES string of the molecule is CCOC(OCC)c1ccccc1-c1ccc2c3c(n[nH]c(=O)c13)CCN2. The van der Waals surface area contributed by atoms with Crippen LogP contribution in [-0.4, -0.2) is 30.0 Å². The maximum atomic E-state index is 12.7. The van der Waals surface area contributed by atoms with E-state index in [0.717, 1.165) is 46.4 Å². The molecule has 2 N–H and O–H groups in total. The number of nitrogens with one attached hydrogen (secondary N) is 2. The van der Waals surface area contributed by atoms with Crippen LogP contribution in [0, 0.1) is 0 Å². The van der Waals surface area contributed by atoms with E-state index >= 15 is 0 Å². The van der Waals surface area contributed by atoms with Gasteiger partial charge in [0.25, 0.3) is 5.56 Å². The van der Waals surface area contributed by atoms with Crippen molar-refractivity contribution in [1.82, 2.24) is 10.2 Å². The molecule has 1 aliphatic heterocycles. The predicted octanol–water partition coefficient (Wildman–Crippen LogP) is 3.63. The van der Waals surface area contributed by atoms with Crippen molar-refractivity contribution in [2.75, 3.05) is 25.1 Å². The zero-order valence-electron chi connectivity index (χ0n) is 15.5. The minimum Gasteiger partial charge on any atom is -0.384 e. The monoisotopic (exact) mass is 365 g/mol. The lowest BCUT2D eigenvalue weighted by atomic mass is 9.92. The molecule has 2 aromatic carbocycles. The first-order chi connectivity index (χ1) is 13.2. The molecule has 6 heteroatoms. The van der Waals surface area contributed by atoms with Crippen LogP contribution in [0.2, 0.25) is 0 Å². The number of H-pyrrole nitrogens is 1. The number of rotatable bonds is 6. The van der Waals surface area contributed by atoms with Crippen LogP contribution >= 0.6 is 0 Å². The Morgan fingerprint density at radius 2 is 1.81 bits per heavy atom. The molecule has 0 unspecified atom stereocenters. The molecule has 0 saturated heterocycles. The van der Waals surface area contributed by atoms with Gasteiger partial charge in [-0.3, -0.25) is 4.79 Å². The van der Waals surface area contributed by atoms with Gasteiger partial charge in [0.1, 0.15) is 0 Å². The molecule has 6 nitrogen and oxygen atoms in total. The smallest absolute Gasteiger partial charge is 0.272 e. The number of aromatic nitrogens is 2. The van der Waals surface area contributed by atoms with Crippen molar-refractivity contribution in [3.63, 3.8) is 0 Å². The van der Waals surface area contributed by atoms with Crippen LogP contribution in [0.4, 0.5) is 5.69 Å². The molecule has 0 bridgehead atoms. The standard InChI is InChI=1S/C21H23N3O3/c1-3-26-21(27-4-2)15-8-6-5-7-13(15)14-9-10-16-19-17(11-12-22-16)23-24-20(25)18(14)19/h5-10,21-22H,3-4,11-12H2,1-2H3,(H,24,25). The maximum absolute atomic E-state index is 12.7. The van der Waals surface area contributed by atoms with Gasteiger partial charge in [0.15, 0.2) is 6.29 Å². The third-order valence-corrected chi connectivity index (χ3v) is 4.83. The highest BCUT2D eigenvalue weighted by molar-refractivity contribution is 6.05. The number of hydrogen-bond donors (Lipinski definition) is 2. The molecule has 0 amide bonds. The molecule has 1 aromatic heterocycles. The molecule has 0 radical (unpaired) electrons. The average molecular weight is 365 g/mol. The van der Waals surface area contributed by atoms with Gasteiger partial charge in [0, 0.05) is 42.8 Å². The Bertz CT molecular complexity index is 1010. The summed E-state index contributed by atoms with van der Waals surface area (Å²) in [5.41, 5.74) is 4.40. The lowest BCUT2D eigenvalue weighted by Crippen LogP contribution is -2.19. The van der Waals surface area contributed by atoms with Gasteiger partial charge in [0.05, 0.1) is 11.1 Å². The normalized spacial score (nSPS) is 13.1. The van der Waals surface area contributed by atoms with Gasteiger partial charge >= 0.3 is 0 Å². The maximum Gasteiger partial charge on any atom is 0.272 e. The summed E-state index contributed by atoms with van der Waals surface area (Å²) < 4.78 is 11.6. The van der Waals surface area contributed by atoms with Crippen molar-refractivity contribution >= 4 is 16.5 Å². The minimum absolute atomic E-state index is 0.187. The summed E-state index contributed by atoms with van der Waals surface area (Å²) in [4.78, 5) is 12.7. The Morgan fingerprint density at radius 1 is 1.04 bits per heavy atom. The average Bonchev–Trinajstić information content (AvgIpc) is 2.70. The van der Waals surface area contributed by atoms with Crippen molar-refractivity contribution in [3.05, 3.63) is 58.0 Å². The minimum atomic E-state index is -0.475. The zero-order chi connectivity index (χ0) is 18.8. The molecule has 0 aliphatic carbocycles. The Kier molecular flexibility index (Phi) is 4.92. The Labute approximate surface area is 157 Å². The number of benzene rings is 2. The van der Waals surface area contributed by atoms with Gasteiger partial charge < -0.3 is 14.8 Å². The summed E-state index contributed by atoms with van der Waals surface area (Å²) in [5, 5.41) is 11.9. The van der Waals surface area contributed by atoms with Gasteiger partial charge in [-0.25, -0.2) is 5.10 Å². The highest BCUT2D eigenvalue weighted by Gasteiger charge is 2.22. The number of anilines is 1. The second-order valence-electron chi connectivity index (χ2n) is 6.42. The summed E-state index contributed by atoms with van der Waals surface area (Å²) in [6.45, 7) is 5.78. The second-order valence-corrected chi connectivity index (χ2v) is 6.42. The van der Waals surface area contributed by atoms with E-state index in [1.54, 1.807) is 0 Å². The van der Waals surface area contributed by atoms with E-state index in [9.17, 15) is 4.79 Å². The molecular formula is C21H23N3O3. The van der Waals surface area contributed by atoms with Gasteiger partial charge in [-0.05, 0) is 31.0 Å². The highest BCUT2D eigenvalue weighted by Crippen LogP contribution is 2.38. The van der Waals surface area contributed by atoms with Gasteiger partial charge in [-0.15, -0.1) is 0 Å². The quantitative estimate of drug-likeness (QED) is 0.653. The zero-order valence-corrected chi connectivity index (χ0v) is 15.5. The molecule has 0 fully saturated rings. The van der Waals surface area contributed by atoms with Crippen molar-refractivity contribution in [1.29, 1.82) is 0 Å². The van der Waals surface area contributed by atoms with Gasteiger partial charge in [-0.2, -0.15) is 5.10 Å². The Balaban J connectivity index is 1.97. The fourth-order valence-electron chi connectivity index (χ4n) is 3.71. The van der Waals surface area contributed by atoms with Crippen LogP contribution in [0.1, 0.15) is 31.4 Å². The van der Waals surface area contributed by atoms with Crippen LogP contribution in [0.25, 0.3) is 21.9 Å². The number of aromatic amines is 1. The molecule has 0 spiro atoms.